The minimum absolute atomic E-state index is 0.0140. The Bertz CT molecular complexity index is 745. The summed E-state index contributed by atoms with van der Waals surface area (Å²) in [6.07, 6.45) is 0.307. The smallest absolute Gasteiger partial charge is 0.243 e. The molecule has 9 heteroatoms. The molecule has 1 unspecified atom stereocenters. The quantitative estimate of drug-likeness (QED) is 0.811. The van der Waals surface area contributed by atoms with Crippen molar-refractivity contribution in [2.24, 2.45) is 0 Å². The Morgan fingerprint density at radius 2 is 2.05 bits per heavy atom. The molecule has 1 aromatic rings. The predicted octanol–water partition coefficient (Wildman–Crippen LogP) is 1.16. The van der Waals surface area contributed by atoms with Crippen molar-refractivity contribution in [2.75, 3.05) is 25.7 Å². The first-order valence-electron chi connectivity index (χ1n) is 6.19. The standard InChI is InChI=1S/C12H16ClNO5S2/c1-14(9-5-6-20(15,16)8-9)21(17,18)10-3-4-12(19-2)11(13)7-10/h3-4,7,9H,5-6,8H2,1-2H3. The summed E-state index contributed by atoms with van der Waals surface area (Å²) in [5, 5.41) is 0.186. The monoisotopic (exact) mass is 353 g/mol. The van der Waals surface area contributed by atoms with Crippen molar-refractivity contribution in [2.45, 2.75) is 17.4 Å². The molecule has 0 N–H and O–H groups in total. The molecule has 6 nitrogen and oxygen atoms in total. The van der Waals surface area contributed by atoms with Gasteiger partial charge in [0.05, 0.1) is 28.5 Å². The summed E-state index contributed by atoms with van der Waals surface area (Å²) in [4.78, 5) is 0.0140. The Balaban J connectivity index is 2.31. The lowest BCUT2D eigenvalue weighted by Gasteiger charge is -2.23. The maximum absolute atomic E-state index is 12.5. The Labute approximate surface area is 129 Å². The van der Waals surface area contributed by atoms with Crippen LogP contribution in [0.4, 0.5) is 0 Å². The highest BCUT2D eigenvalue weighted by Gasteiger charge is 2.36. The fourth-order valence-electron chi connectivity index (χ4n) is 2.23. The van der Waals surface area contributed by atoms with Gasteiger partial charge in [-0.2, -0.15) is 4.31 Å². The van der Waals surface area contributed by atoms with Crippen LogP contribution in [0.15, 0.2) is 23.1 Å². The second-order valence-corrected chi connectivity index (χ2v) is 9.51. The van der Waals surface area contributed by atoms with Gasteiger partial charge < -0.3 is 4.74 Å². The lowest BCUT2D eigenvalue weighted by atomic mass is 10.3. The number of ether oxygens (including phenoxy) is 1. The van der Waals surface area contributed by atoms with E-state index in [2.05, 4.69) is 0 Å². The molecule has 0 radical (unpaired) electrons. The molecule has 1 aromatic carbocycles. The summed E-state index contributed by atoms with van der Waals surface area (Å²) in [6, 6.07) is 3.62. The fraction of sp³-hybridized carbons (Fsp3) is 0.500. The van der Waals surface area contributed by atoms with Gasteiger partial charge in [0.2, 0.25) is 10.0 Å². The number of rotatable bonds is 4. The largest absolute Gasteiger partial charge is 0.495 e. The molecule has 0 saturated carbocycles. The topological polar surface area (TPSA) is 80.8 Å². The van der Waals surface area contributed by atoms with Gasteiger partial charge in [0.1, 0.15) is 5.75 Å². The molecule has 1 aliphatic rings. The molecule has 0 amide bonds. The molecule has 1 atom stereocenters. The van der Waals surface area contributed by atoms with Gasteiger partial charge in [-0.25, -0.2) is 16.8 Å². The average molecular weight is 354 g/mol. The molecule has 0 aliphatic carbocycles. The van der Waals surface area contributed by atoms with Gasteiger partial charge in [-0.1, -0.05) is 11.6 Å². The van der Waals surface area contributed by atoms with E-state index in [1.54, 1.807) is 0 Å². The molecule has 0 aromatic heterocycles. The van der Waals surface area contributed by atoms with Crippen molar-refractivity contribution in [3.8, 4) is 5.75 Å². The molecule has 118 valence electrons. The Morgan fingerprint density at radius 3 is 2.52 bits per heavy atom. The fourth-order valence-corrected chi connectivity index (χ4v) is 5.84. The minimum atomic E-state index is -3.79. The van der Waals surface area contributed by atoms with Crippen molar-refractivity contribution in [3.63, 3.8) is 0 Å². The van der Waals surface area contributed by atoms with Gasteiger partial charge in [0.15, 0.2) is 9.84 Å². The van der Waals surface area contributed by atoms with Crippen molar-refractivity contribution in [1.29, 1.82) is 0 Å². The van der Waals surface area contributed by atoms with Crippen LogP contribution in [0.5, 0.6) is 5.75 Å². The van der Waals surface area contributed by atoms with E-state index in [4.69, 9.17) is 16.3 Å². The number of halogens is 1. The van der Waals surface area contributed by atoms with Crippen molar-refractivity contribution in [1.82, 2.24) is 4.31 Å². The van der Waals surface area contributed by atoms with E-state index < -0.39 is 25.9 Å². The third-order valence-electron chi connectivity index (χ3n) is 3.52. The number of sulfonamides is 1. The third-order valence-corrected chi connectivity index (χ3v) is 7.47. The average Bonchev–Trinajstić information content (AvgIpc) is 2.77. The van der Waals surface area contributed by atoms with Gasteiger partial charge in [0, 0.05) is 13.1 Å². The van der Waals surface area contributed by atoms with Crippen LogP contribution >= 0.6 is 11.6 Å². The van der Waals surface area contributed by atoms with Crippen LogP contribution in [0.3, 0.4) is 0 Å². The first-order chi connectivity index (χ1) is 9.67. The third kappa shape index (κ3) is 3.33. The summed E-state index contributed by atoms with van der Waals surface area (Å²) in [5.41, 5.74) is 0. The molecule has 0 bridgehead atoms. The van der Waals surface area contributed by atoms with Gasteiger partial charge in [0.25, 0.3) is 0 Å². The molecule has 21 heavy (non-hydrogen) atoms. The first-order valence-corrected chi connectivity index (χ1v) is 9.83. The summed E-state index contributed by atoms with van der Waals surface area (Å²) in [5.74, 6) is 0.245. The highest BCUT2D eigenvalue weighted by Crippen LogP contribution is 2.29. The van der Waals surface area contributed by atoms with Crippen LogP contribution in [-0.4, -0.2) is 52.8 Å². The first kappa shape index (κ1) is 16.5. The second-order valence-electron chi connectivity index (χ2n) is 4.87. The zero-order chi connectivity index (χ0) is 15.8. The van der Waals surface area contributed by atoms with Gasteiger partial charge >= 0.3 is 0 Å². The highest BCUT2D eigenvalue weighted by atomic mass is 35.5. The number of nitrogens with zero attached hydrogens (tertiary/aromatic N) is 1. The maximum Gasteiger partial charge on any atom is 0.243 e. The zero-order valence-electron chi connectivity index (χ0n) is 11.6. The Kier molecular flexibility index (Phi) is 4.53. The van der Waals surface area contributed by atoms with Crippen molar-refractivity contribution in [3.05, 3.63) is 23.2 Å². The number of benzene rings is 1. The van der Waals surface area contributed by atoms with Crippen LogP contribution in [0.1, 0.15) is 6.42 Å². The van der Waals surface area contributed by atoms with Crippen molar-refractivity contribution >= 4 is 31.5 Å². The number of hydrogen-bond donors (Lipinski definition) is 0. The summed E-state index contributed by atoms with van der Waals surface area (Å²) < 4.78 is 54.1. The summed E-state index contributed by atoms with van der Waals surface area (Å²) >= 11 is 5.94. The molecule has 1 fully saturated rings. The lowest BCUT2D eigenvalue weighted by molar-refractivity contribution is 0.393. The number of hydrogen-bond acceptors (Lipinski definition) is 5. The van der Waals surface area contributed by atoms with Crippen LogP contribution in [-0.2, 0) is 19.9 Å². The van der Waals surface area contributed by atoms with Crippen LogP contribution in [0.25, 0.3) is 0 Å². The molecule has 0 spiro atoms. The Hall–Kier alpha value is -0.830. The zero-order valence-corrected chi connectivity index (χ0v) is 14.0. The van der Waals surface area contributed by atoms with E-state index in [0.29, 0.717) is 12.2 Å². The molecule has 1 aliphatic heterocycles. The lowest BCUT2D eigenvalue weighted by Crippen LogP contribution is -2.37. The minimum Gasteiger partial charge on any atom is -0.495 e. The van der Waals surface area contributed by atoms with E-state index in [-0.39, 0.29) is 21.4 Å². The van der Waals surface area contributed by atoms with E-state index in [1.165, 1.54) is 32.4 Å². The van der Waals surface area contributed by atoms with Crippen molar-refractivity contribution < 1.29 is 21.6 Å². The van der Waals surface area contributed by atoms with Gasteiger partial charge in [-0.05, 0) is 24.6 Å². The summed E-state index contributed by atoms with van der Waals surface area (Å²) in [6.45, 7) is 0. The summed E-state index contributed by atoms with van der Waals surface area (Å²) in [7, 11) is -4.12. The molecular formula is C12H16ClNO5S2. The highest BCUT2D eigenvalue weighted by molar-refractivity contribution is 7.92. The predicted molar refractivity (Wildman–Crippen MR) is 80.0 cm³/mol. The maximum atomic E-state index is 12.5. The molecule has 2 rings (SSSR count). The van der Waals surface area contributed by atoms with E-state index in [1.807, 2.05) is 0 Å². The normalized spacial score (nSPS) is 21.6. The second kappa shape index (κ2) is 5.75. The Morgan fingerprint density at radius 1 is 1.38 bits per heavy atom. The van der Waals surface area contributed by atoms with E-state index in [0.717, 1.165) is 4.31 Å². The molecule has 1 heterocycles. The molecule has 1 saturated heterocycles. The van der Waals surface area contributed by atoms with Crippen LogP contribution in [0, 0.1) is 0 Å². The van der Waals surface area contributed by atoms with Gasteiger partial charge in [-0.15, -0.1) is 0 Å². The van der Waals surface area contributed by atoms with Crippen LogP contribution in [0.2, 0.25) is 5.02 Å². The molecular weight excluding hydrogens is 338 g/mol. The number of methoxy groups -OCH3 is 1. The van der Waals surface area contributed by atoms with E-state index in [9.17, 15) is 16.8 Å². The van der Waals surface area contributed by atoms with Crippen LogP contribution < -0.4 is 4.74 Å². The number of sulfone groups is 1. The van der Waals surface area contributed by atoms with Gasteiger partial charge in [-0.3, -0.25) is 0 Å². The van der Waals surface area contributed by atoms with E-state index >= 15 is 0 Å². The SMILES string of the molecule is COc1ccc(S(=O)(=O)N(C)C2CCS(=O)(=O)C2)cc1Cl.